The normalized spacial score (nSPS) is 13.8. The van der Waals surface area contributed by atoms with Crippen LogP contribution >= 0.6 is 11.6 Å². The number of rotatable bonds is 4. The van der Waals surface area contributed by atoms with Gasteiger partial charge < -0.3 is 5.32 Å². The lowest BCUT2D eigenvalue weighted by Gasteiger charge is -2.32. The van der Waals surface area contributed by atoms with Crippen molar-refractivity contribution >= 4 is 11.6 Å². The summed E-state index contributed by atoms with van der Waals surface area (Å²) >= 11 is 6.13. The third-order valence-electron chi connectivity index (χ3n) is 2.74. The Morgan fingerprint density at radius 1 is 1.35 bits per heavy atom. The summed E-state index contributed by atoms with van der Waals surface area (Å²) in [4.78, 5) is 0. The Labute approximate surface area is 108 Å². The van der Waals surface area contributed by atoms with Crippen LogP contribution < -0.4 is 5.32 Å². The van der Waals surface area contributed by atoms with E-state index in [9.17, 15) is 4.39 Å². The first kappa shape index (κ1) is 14.5. The second-order valence-corrected chi connectivity index (χ2v) is 5.83. The zero-order chi connectivity index (χ0) is 13.1. The van der Waals surface area contributed by atoms with E-state index in [2.05, 4.69) is 33.0 Å². The molecule has 0 saturated carbocycles. The molecule has 0 bridgehead atoms. The molecular weight excluding hydrogens is 237 g/mol. The van der Waals surface area contributed by atoms with Gasteiger partial charge in [0, 0.05) is 11.1 Å². The minimum Gasteiger partial charge on any atom is -0.309 e. The molecule has 1 atom stereocenters. The molecule has 1 unspecified atom stereocenters. The number of halogens is 2. The molecule has 17 heavy (non-hydrogen) atoms. The van der Waals surface area contributed by atoms with Crippen molar-refractivity contribution in [3.05, 3.63) is 34.6 Å². The van der Waals surface area contributed by atoms with E-state index in [4.69, 9.17) is 11.6 Å². The smallest absolute Gasteiger partial charge is 0.124 e. The topological polar surface area (TPSA) is 12.0 Å². The van der Waals surface area contributed by atoms with Crippen LogP contribution in [0.15, 0.2) is 18.2 Å². The summed E-state index contributed by atoms with van der Waals surface area (Å²) in [5.41, 5.74) is 1.01. The van der Waals surface area contributed by atoms with Gasteiger partial charge in [-0.05, 0) is 36.1 Å². The fourth-order valence-corrected chi connectivity index (χ4v) is 2.18. The standard InChI is InChI=1S/C14H21ClFN/c1-5-8-17-13(14(2,3)4)11-7-6-10(16)9-12(11)15/h6-7,9,13,17H,5,8H2,1-4H3. The fourth-order valence-electron chi connectivity index (χ4n) is 1.91. The van der Waals surface area contributed by atoms with Crippen molar-refractivity contribution in [1.82, 2.24) is 5.32 Å². The van der Waals surface area contributed by atoms with E-state index >= 15 is 0 Å². The van der Waals surface area contributed by atoms with Gasteiger partial charge in [-0.2, -0.15) is 0 Å². The zero-order valence-electron chi connectivity index (χ0n) is 11.0. The average molecular weight is 258 g/mol. The second-order valence-electron chi connectivity index (χ2n) is 5.42. The van der Waals surface area contributed by atoms with E-state index in [0.717, 1.165) is 18.5 Å². The molecule has 0 amide bonds. The van der Waals surface area contributed by atoms with Gasteiger partial charge in [0.15, 0.2) is 0 Å². The second kappa shape index (κ2) is 5.83. The molecule has 1 N–H and O–H groups in total. The molecule has 0 heterocycles. The fraction of sp³-hybridized carbons (Fsp3) is 0.571. The van der Waals surface area contributed by atoms with E-state index in [1.54, 1.807) is 6.07 Å². The number of hydrogen-bond donors (Lipinski definition) is 1. The third-order valence-corrected chi connectivity index (χ3v) is 3.07. The average Bonchev–Trinajstić information content (AvgIpc) is 2.19. The predicted octanol–water partition coefficient (Wildman–Crippen LogP) is 4.57. The first-order valence-electron chi connectivity index (χ1n) is 6.04. The molecule has 0 fully saturated rings. The largest absolute Gasteiger partial charge is 0.309 e. The van der Waals surface area contributed by atoms with Gasteiger partial charge in [-0.15, -0.1) is 0 Å². The Kier molecular flexibility index (Phi) is 4.96. The lowest BCUT2D eigenvalue weighted by molar-refractivity contribution is 0.273. The minimum absolute atomic E-state index is 0.0383. The van der Waals surface area contributed by atoms with Crippen LogP contribution in [0.2, 0.25) is 5.02 Å². The number of nitrogens with one attached hydrogen (secondary N) is 1. The molecule has 3 heteroatoms. The van der Waals surface area contributed by atoms with Crippen molar-refractivity contribution in [2.75, 3.05) is 6.54 Å². The molecular formula is C14H21ClFN. The summed E-state index contributed by atoms with van der Waals surface area (Å²) in [5.74, 6) is -0.290. The third kappa shape index (κ3) is 3.97. The van der Waals surface area contributed by atoms with Crippen LogP contribution in [0.25, 0.3) is 0 Å². The number of hydrogen-bond acceptors (Lipinski definition) is 1. The Bertz CT molecular complexity index is 371. The maximum absolute atomic E-state index is 13.1. The highest BCUT2D eigenvalue weighted by Crippen LogP contribution is 2.36. The maximum atomic E-state index is 13.1. The lowest BCUT2D eigenvalue weighted by Crippen LogP contribution is -2.33. The molecule has 1 aromatic carbocycles. The van der Waals surface area contributed by atoms with E-state index in [0.29, 0.717) is 5.02 Å². The van der Waals surface area contributed by atoms with Crippen molar-refractivity contribution in [3.8, 4) is 0 Å². The van der Waals surface area contributed by atoms with Crippen LogP contribution in [-0.2, 0) is 0 Å². The maximum Gasteiger partial charge on any atom is 0.124 e. The van der Waals surface area contributed by atoms with Gasteiger partial charge in [0.05, 0.1) is 0 Å². The van der Waals surface area contributed by atoms with Gasteiger partial charge in [-0.1, -0.05) is 45.4 Å². The Balaban J connectivity index is 3.04. The highest BCUT2D eigenvalue weighted by Gasteiger charge is 2.27. The van der Waals surface area contributed by atoms with Crippen LogP contribution in [0.3, 0.4) is 0 Å². The van der Waals surface area contributed by atoms with Crippen molar-refractivity contribution < 1.29 is 4.39 Å². The molecule has 0 radical (unpaired) electrons. The van der Waals surface area contributed by atoms with Gasteiger partial charge in [0.1, 0.15) is 5.82 Å². The Hall–Kier alpha value is -0.600. The summed E-state index contributed by atoms with van der Waals surface area (Å²) in [5, 5.41) is 3.97. The van der Waals surface area contributed by atoms with Gasteiger partial charge in [0.2, 0.25) is 0 Å². The van der Waals surface area contributed by atoms with Gasteiger partial charge >= 0.3 is 0 Å². The lowest BCUT2D eigenvalue weighted by atomic mass is 9.82. The Morgan fingerprint density at radius 2 is 2.00 bits per heavy atom. The van der Waals surface area contributed by atoms with Gasteiger partial charge in [-0.25, -0.2) is 4.39 Å². The summed E-state index contributed by atoms with van der Waals surface area (Å²) in [6.07, 6.45) is 1.06. The van der Waals surface area contributed by atoms with Crippen molar-refractivity contribution in [3.63, 3.8) is 0 Å². The SMILES string of the molecule is CCCNC(c1ccc(F)cc1Cl)C(C)(C)C. The summed E-state index contributed by atoms with van der Waals surface area (Å²) in [7, 11) is 0. The van der Waals surface area contributed by atoms with Crippen LogP contribution in [0.5, 0.6) is 0 Å². The van der Waals surface area contributed by atoms with Crippen LogP contribution in [0.4, 0.5) is 4.39 Å². The van der Waals surface area contributed by atoms with E-state index in [1.165, 1.54) is 12.1 Å². The van der Waals surface area contributed by atoms with E-state index in [1.807, 2.05) is 0 Å². The molecule has 0 spiro atoms. The van der Waals surface area contributed by atoms with Gasteiger partial charge in [-0.3, -0.25) is 0 Å². The molecule has 0 aliphatic carbocycles. The van der Waals surface area contributed by atoms with Crippen molar-refractivity contribution in [1.29, 1.82) is 0 Å². The highest BCUT2D eigenvalue weighted by atomic mass is 35.5. The summed E-state index contributed by atoms with van der Waals surface area (Å²) in [6, 6.07) is 4.75. The molecule has 0 saturated heterocycles. The molecule has 0 aliphatic heterocycles. The first-order chi connectivity index (χ1) is 7.86. The van der Waals surface area contributed by atoms with Crippen LogP contribution in [0, 0.1) is 11.2 Å². The molecule has 1 nitrogen and oxygen atoms in total. The molecule has 1 rings (SSSR count). The van der Waals surface area contributed by atoms with E-state index in [-0.39, 0.29) is 17.3 Å². The first-order valence-corrected chi connectivity index (χ1v) is 6.42. The monoisotopic (exact) mass is 257 g/mol. The van der Waals surface area contributed by atoms with Crippen molar-refractivity contribution in [2.45, 2.75) is 40.2 Å². The zero-order valence-corrected chi connectivity index (χ0v) is 11.7. The molecule has 96 valence electrons. The van der Waals surface area contributed by atoms with Crippen LogP contribution in [0.1, 0.15) is 45.7 Å². The van der Waals surface area contributed by atoms with E-state index < -0.39 is 0 Å². The van der Waals surface area contributed by atoms with Crippen LogP contribution in [-0.4, -0.2) is 6.54 Å². The highest BCUT2D eigenvalue weighted by molar-refractivity contribution is 6.31. The van der Waals surface area contributed by atoms with Gasteiger partial charge in [0.25, 0.3) is 0 Å². The molecule has 0 aromatic heterocycles. The summed E-state index contributed by atoms with van der Waals surface area (Å²) in [6.45, 7) is 9.51. The number of benzene rings is 1. The minimum atomic E-state index is -0.290. The summed E-state index contributed by atoms with van der Waals surface area (Å²) < 4.78 is 13.1. The molecule has 1 aromatic rings. The van der Waals surface area contributed by atoms with Crippen molar-refractivity contribution in [2.24, 2.45) is 5.41 Å². The molecule has 0 aliphatic rings. The Morgan fingerprint density at radius 3 is 2.47 bits per heavy atom. The quantitative estimate of drug-likeness (QED) is 0.833. The predicted molar refractivity (Wildman–Crippen MR) is 71.9 cm³/mol.